The van der Waals surface area contributed by atoms with Gasteiger partial charge >= 0.3 is 0 Å². The molecule has 1 N–H and O–H groups in total. The Labute approximate surface area is 131 Å². The first kappa shape index (κ1) is 13.3. The van der Waals surface area contributed by atoms with E-state index in [0.29, 0.717) is 20.2 Å². The van der Waals surface area contributed by atoms with Crippen molar-refractivity contribution in [3.63, 3.8) is 0 Å². The molecule has 3 rings (SSSR count). The lowest BCUT2D eigenvalue weighted by molar-refractivity contribution is 0.0964. The SMILES string of the molecule is O=C(c1cc(Br)c(O)c(Br)c1)n1ccc2cccnc21. The number of hydrogen-bond donors (Lipinski definition) is 1. The zero-order chi connectivity index (χ0) is 14.3. The van der Waals surface area contributed by atoms with Gasteiger partial charge in [-0.25, -0.2) is 4.98 Å². The van der Waals surface area contributed by atoms with E-state index < -0.39 is 0 Å². The third kappa shape index (κ3) is 2.14. The zero-order valence-electron chi connectivity index (χ0n) is 10.0. The van der Waals surface area contributed by atoms with Crippen molar-refractivity contribution in [2.45, 2.75) is 0 Å². The minimum Gasteiger partial charge on any atom is -0.506 e. The van der Waals surface area contributed by atoms with Crippen LogP contribution in [0.25, 0.3) is 11.0 Å². The summed E-state index contributed by atoms with van der Waals surface area (Å²) in [7, 11) is 0. The van der Waals surface area contributed by atoms with Gasteiger partial charge in [-0.3, -0.25) is 9.36 Å². The number of aromatic hydroxyl groups is 1. The fraction of sp³-hybridized carbons (Fsp3) is 0. The lowest BCUT2D eigenvalue weighted by Crippen LogP contribution is -2.11. The summed E-state index contributed by atoms with van der Waals surface area (Å²) in [5.41, 5.74) is 1.06. The molecule has 0 radical (unpaired) electrons. The second kappa shape index (κ2) is 5.03. The maximum absolute atomic E-state index is 12.5. The van der Waals surface area contributed by atoms with Gasteiger partial charge in [0.1, 0.15) is 11.4 Å². The number of halogens is 2. The first-order chi connectivity index (χ1) is 9.58. The van der Waals surface area contributed by atoms with E-state index >= 15 is 0 Å². The largest absolute Gasteiger partial charge is 0.506 e. The Bertz CT molecular complexity index is 804. The molecule has 1 aromatic carbocycles. The number of carbonyl (C=O) groups excluding carboxylic acids is 1. The van der Waals surface area contributed by atoms with Crippen molar-refractivity contribution < 1.29 is 9.90 Å². The Hall–Kier alpha value is -1.66. The van der Waals surface area contributed by atoms with E-state index in [2.05, 4.69) is 36.8 Å². The maximum Gasteiger partial charge on any atom is 0.263 e. The Morgan fingerprint density at radius 1 is 1.20 bits per heavy atom. The van der Waals surface area contributed by atoms with Gasteiger partial charge in [0.05, 0.1) is 8.95 Å². The minimum absolute atomic E-state index is 0.0667. The van der Waals surface area contributed by atoms with Crippen molar-refractivity contribution in [2.75, 3.05) is 0 Å². The van der Waals surface area contributed by atoms with Gasteiger partial charge in [-0.05, 0) is 62.2 Å². The van der Waals surface area contributed by atoms with Crippen LogP contribution in [0.4, 0.5) is 0 Å². The number of carbonyl (C=O) groups is 1. The van der Waals surface area contributed by atoms with Gasteiger partial charge in [0.25, 0.3) is 5.91 Å². The molecule has 0 saturated heterocycles. The number of phenols is 1. The monoisotopic (exact) mass is 394 g/mol. The van der Waals surface area contributed by atoms with Crippen LogP contribution >= 0.6 is 31.9 Å². The molecule has 0 spiro atoms. The van der Waals surface area contributed by atoms with E-state index in [1.807, 2.05) is 18.2 Å². The van der Waals surface area contributed by atoms with E-state index in [0.717, 1.165) is 5.39 Å². The Morgan fingerprint density at radius 2 is 1.90 bits per heavy atom. The van der Waals surface area contributed by atoms with Crippen molar-refractivity contribution in [1.29, 1.82) is 0 Å². The molecule has 0 bridgehead atoms. The van der Waals surface area contributed by atoms with Gasteiger partial charge in [-0.1, -0.05) is 0 Å². The molecule has 0 aliphatic heterocycles. The second-order valence-electron chi connectivity index (χ2n) is 4.20. The summed E-state index contributed by atoms with van der Waals surface area (Å²) >= 11 is 6.44. The summed E-state index contributed by atoms with van der Waals surface area (Å²) in [6.45, 7) is 0. The predicted molar refractivity (Wildman–Crippen MR) is 83.0 cm³/mol. The third-order valence-corrected chi connectivity index (χ3v) is 4.14. The highest BCUT2D eigenvalue weighted by molar-refractivity contribution is 9.11. The molecule has 2 heterocycles. The van der Waals surface area contributed by atoms with Crippen LogP contribution in [0.1, 0.15) is 10.4 Å². The van der Waals surface area contributed by atoms with Crippen LogP contribution in [0, 0.1) is 0 Å². The molecule has 0 unspecified atom stereocenters. The molecule has 0 amide bonds. The summed E-state index contributed by atoms with van der Waals surface area (Å²) in [6.07, 6.45) is 3.34. The highest BCUT2D eigenvalue weighted by Crippen LogP contribution is 2.33. The zero-order valence-corrected chi connectivity index (χ0v) is 13.2. The molecule has 0 aliphatic carbocycles. The lowest BCUT2D eigenvalue weighted by Gasteiger charge is -2.07. The number of benzene rings is 1. The van der Waals surface area contributed by atoms with E-state index in [-0.39, 0.29) is 11.7 Å². The van der Waals surface area contributed by atoms with Crippen LogP contribution in [-0.2, 0) is 0 Å². The Morgan fingerprint density at radius 3 is 2.60 bits per heavy atom. The van der Waals surface area contributed by atoms with E-state index in [4.69, 9.17) is 0 Å². The molecule has 100 valence electrons. The quantitative estimate of drug-likeness (QED) is 0.678. The van der Waals surface area contributed by atoms with E-state index in [1.165, 1.54) is 4.57 Å². The van der Waals surface area contributed by atoms with E-state index in [1.54, 1.807) is 24.5 Å². The van der Waals surface area contributed by atoms with Crippen molar-refractivity contribution >= 4 is 48.8 Å². The molecular formula is C14H8Br2N2O2. The van der Waals surface area contributed by atoms with Gasteiger partial charge in [0, 0.05) is 23.3 Å². The van der Waals surface area contributed by atoms with Crippen LogP contribution in [-0.4, -0.2) is 20.6 Å². The van der Waals surface area contributed by atoms with Crippen molar-refractivity contribution in [3.05, 3.63) is 57.2 Å². The lowest BCUT2D eigenvalue weighted by atomic mass is 10.2. The van der Waals surface area contributed by atoms with Gasteiger partial charge in [0.15, 0.2) is 0 Å². The molecule has 0 aliphatic rings. The normalized spacial score (nSPS) is 10.9. The highest BCUT2D eigenvalue weighted by Gasteiger charge is 2.15. The summed E-state index contributed by atoms with van der Waals surface area (Å²) < 4.78 is 2.40. The number of aromatic nitrogens is 2. The minimum atomic E-state index is -0.208. The molecule has 20 heavy (non-hydrogen) atoms. The molecule has 4 nitrogen and oxygen atoms in total. The second-order valence-corrected chi connectivity index (χ2v) is 5.90. The van der Waals surface area contributed by atoms with Gasteiger partial charge in [0.2, 0.25) is 0 Å². The topological polar surface area (TPSA) is 55.1 Å². The van der Waals surface area contributed by atoms with Gasteiger partial charge in [-0.15, -0.1) is 0 Å². The Kier molecular flexibility index (Phi) is 3.35. The summed E-state index contributed by atoms with van der Waals surface area (Å²) in [5, 5.41) is 10.6. The van der Waals surface area contributed by atoms with Crippen LogP contribution < -0.4 is 0 Å². The average molecular weight is 396 g/mol. The van der Waals surface area contributed by atoms with E-state index in [9.17, 15) is 9.90 Å². The summed E-state index contributed by atoms with van der Waals surface area (Å²) in [6, 6.07) is 8.72. The first-order valence-corrected chi connectivity index (χ1v) is 7.31. The summed E-state index contributed by atoms with van der Waals surface area (Å²) in [4.78, 5) is 16.8. The molecule has 6 heteroatoms. The first-order valence-electron chi connectivity index (χ1n) is 5.72. The third-order valence-electron chi connectivity index (χ3n) is 2.93. The van der Waals surface area contributed by atoms with Crippen molar-refractivity contribution in [1.82, 2.24) is 9.55 Å². The highest BCUT2D eigenvalue weighted by atomic mass is 79.9. The van der Waals surface area contributed by atoms with Crippen LogP contribution in [0.15, 0.2) is 51.7 Å². The fourth-order valence-electron chi connectivity index (χ4n) is 1.96. The van der Waals surface area contributed by atoms with Crippen LogP contribution in [0.2, 0.25) is 0 Å². The average Bonchev–Trinajstić information content (AvgIpc) is 2.87. The number of rotatable bonds is 1. The Balaban J connectivity index is 2.13. The standard InChI is InChI=1S/C14H8Br2N2O2/c15-10-6-9(7-11(16)12(10)19)14(20)18-5-3-8-2-1-4-17-13(8)18/h1-7,19H. The molecule has 0 atom stereocenters. The van der Waals surface area contributed by atoms with Gasteiger partial charge in [-0.2, -0.15) is 0 Å². The molecule has 3 aromatic rings. The number of fused-ring (bicyclic) bond motifs is 1. The number of nitrogens with zero attached hydrogens (tertiary/aromatic N) is 2. The molecule has 0 fully saturated rings. The van der Waals surface area contributed by atoms with Crippen LogP contribution in [0.5, 0.6) is 5.75 Å². The number of pyridine rings is 1. The molecule has 2 aromatic heterocycles. The number of phenolic OH excluding ortho intramolecular Hbond substituents is 1. The summed E-state index contributed by atoms with van der Waals surface area (Å²) in [5.74, 6) is -0.142. The van der Waals surface area contributed by atoms with Crippen molar-refractivity contribution in [3.8, 4) is 5.75 Å². The van der Waals surface area contributed by atoms with Gasteiger partial charge < -0.3 is 5.11 Å². The maximum atomic E-state index is 12.5. The fourth-order valence-corrected chi connectivity index (χ4v) is 3.14. The predicted octanol–water partition coefficient (Wildman–Crippen LogP) is 3.96. The van der Waals surface area contributed by atoms with Crippen LogP contribution in [0.3, 0.4) is 0 Å². The smallest absolute Gasteiger partial charge is 0.263 e. The number of hydrogen-bond acceptors (Lipinski definition) is 3. The molecular weight excluding hydrogens is 388 g/mol. The van der Waals surface area contributed by atoms with Crippen molar-refractivity contribution in [2.24, 2.45) is 0 Å². The molecule has 0 saturated carbocycles.